The van der Waals surface area contributed by atoms with Crippen LogP contribution in [0.2, 0.25) is 0 Å². The van der Waals surface area contributed by atoms with Crippen molar-refractivity contribution >= 4 is 17.3 Å². The van der Waals surface area contributed by atoms with Gasteiger partial charge < -0.3 is 10.6 Å². The molecule has 0 aromatic heterocycles. The number of nitrogens with one attached hydrogen (secondary N) is 2. The summed E-state index contributed by atoms with van der Waals surface area (Å²) < 4.78 is 51.0. The quantitative estimate of drug-likeness (QED) is 0.608. The fourth-order valence-corrected chi connectivity index (χ4v) is 1.74. The number of amides is 1. The molecule has 0 fully saturated rings. The molecule has 0 radical (unpaired) electrons. The van der Waals surface area contributed by atoms with Crippen molar-refractivity contribution in [2.75, 3.05) is 10.6 Å². The Balaban J connectivity index is 2.49. The average molecular weight is 274 g/mol. The predicted octanol–water partition coefficient (Wildman–Crippen LogP) is 3.50. The third-order valence-corrected chi connectivity index (χ3v) is 2.58. The fourth-order valence-electron chi connectivity index (χ4n) is 1.74. The molecule has 0 bridgehead atoms. The Morgan fingerprint density at radius 3 is 2.42 bits per heavy atom. The number of hydrogen-bond donors (Lipinski definition) is 2. The minimum absolute atomic E-state index is 0.0104. The van der Waals surface area contributed by atoms with E-state index in [1.165, 1.54) is 6.08 Å². The zero-order valence-corrected chi connectivity index (χ0v) is 9.86. The van der Waals surface area contributed by atoms with E-state index in [0.717, 1.165) is 0 Å². The molecule has 1 heterocycles. The maximum absolute atomic E-state index is 13.3. The molecule has 1 aromatic carbocycles. The maximum Gasteiger partial charge on any atom is 0.419 e. The molecular weight excluding hydrogens is 264 g/mol. The van der Waals surface area contributed by atoms with Gasteiger partial charge in [0.2, 0.25) is 0 Å². The largest absolute Gasteiger partial charge is 0.419 e. The number of fused-ring (bicyclic) bond motifs is 1. The SMILES string of the molecule is CC/C=C1\Nc2cc(C(F)(F)F)c(F)cc2NC1=O. The van der Waals surface area contributed by atoms with Crippen molar-refractivity contribution in [2.24, 2.45) is 0 Å². The summed E-state index contributed by atoms with van der Waals surface area (Å²) in [5.41, 5.74) is -1.21. The van der Waals surface area contributed by atoms with Gasteiger partial charge in [0, 0.05) is 6.07 Å². The van der Waals surface area contributed by atoms with Crippen molar-refractivity contribution in [1.82, 2.24) is 0 Å². The number of carbonyl (C=O) groups excluding carboxylic acids is 1. The van der Waals surface area contributed by atoms with E-state index in [-0.39, 0.29) is 17.1 Å². The zero-order valence-electron chi connectivity index (χ0n) is 9.86. The molecule has 102 valence electrons. The van der Waals surface area contributed by atoms with Crippen molar-refractivity contribution in [1.29, 1.82) is 0 Å². The van der Waals surface area contributed by atoms with E-state index in [4.69, 9.17) is 0 Å². The lowest BCUT2D eigenvalue weighted by atomic mass is 10.1. The van der Waals surface area contributed by atoms with E-state index in [1.807, 2.05) is 0 Å². The first kappa shape index (κ1) is 13.4. The van der Waals surface area contributed by atoms with Gasteiger partial charge in [0.05, 0.1) is 16.9 Å². The van der Waals surface area contributed by atoms with Gasteiger partial charge >= 0.3 is 6.18 Å². The van der Waals surface area contributed by atoms with Gasteiger partial charge in [0.15, 0.2) is 0 Å². The number of allylic oxidation sites excluding steroid dienone is 1. The molecule has 7 heteroatoms. The van der Waals surface area contributed by atoms with Crippen molar-refractivity contribution in [3.8, 4) is 0 Å². The molecule has 1 aliphatic rings. The first-order valence-electron chi connectivity index (χ1n) is 5.52. The smallest absolute Gasteiger partial charge is 0.350 e. The van der Waals surface area contributed by atoms with Crippen LogP contribution in [0.1, 0.15) is 18.9 Å². The van der Waals surface area contributed by atoms with Gasteiger partial charge in [0.25, 0.3) is 5.91 Å². The van der Waals surface area contributed by atoms with E-state index in [9.17, 15) is 22.4 Å². The second kappa shape index (κ2) is 4.56. The second-order valence-electron chi connectivity index (χ2n) is 3.98. The molecular formula is C12H10F4N2O. The summed E-state index contributed by atoms with van der Waals surface area (Å²) >= 11 is 0. The monoisotopic (exact) mass is 274 g/mol. The highest BCUT2D eigenvalue weighted by Crippen LogP contribution is 2.38. The van der Waals surface area contributed by atoms with Crippen molar-refractivity contribution in [3.05, 3.63) is 35.3 Å². The standard InChI is InChI=1S/C12H10F4N2O/c1-2-3-8-11(19)18-10-5-7(13)6(12(14,15)16)4-9(10)17-8/h3-5,17H,2H2,1H3,(H,18,19)/b8-3-. The number of alkyl halides is 3. The first-order valence-corrected chi connectivity index (χ1v) is 5.52. The summed E-state index contributed by atoms with van der Waals surface area (Å²) in [6, 6.07) is 1.30. The van der Waals surface area contributed by atoms with Gasteiger partial charge in [-0.05, 0) is 12.5 Å². The molecule has 2 N–H and O–H groups in total. The number of rotatable bonds is 1. The van der Waals surface area contributed by atoms with E-state index in [0.29, 0.717) is 18.6 Å². The Kier molecular flexibility index (Phi) is 3.21. The highest BCUT2D eigenvalue weighted by atomic mass is 19.4. The molecule has 1 aromatic rings. The Morgan fingerprint density at radius 1 is 1.21 bits per heavy atom. The van der Waals surface area contributed by atoms with Crippen LogP contribution in [0.3, 0.4) is 0 Å². The topological polar surface area (TPSA) is 41.1 Å². The van der Waals surface area contributed by atoms with Gasteiger partial charge in [-0.15, -0.1) is 0 Å². The number of halogens is 4. The van der Waals surface area contributed by atoms with Crippen LogP contribution >= 0.6 is 0 Å². The first-order chi connectivity index (χ1) is 8.82. The number of benzene rings is 1. The minimum atomic E-state index is -4.78. The molecule has 0 saturated heterocycles. The summed E-state index contributed by atoms with van der Waals surface area (Å²) in [6.07, 6.45) is -2.70. The maximum atomic E-state index is 13.3. The van der Waals surface area contributed by atoms with Crippen LogP contribution in [0.25, 0.3) is 0 Å². The highest BCUT2D eigenvalue weighted by Gasteiger charge is 2.36. The number of anilines is 2. The molecule has 0 aliphatic carbocycles. The summed E-state index contributed by atoms with van der Waals surface area (Å²) in [7, 11) is 0. The fraction of sp³-hybridized carbons (Fsp3) is 0.250. The molecule has 19 heavy (non-hydrogen) atoms. The third kappa shape index (κ3) is 2.54. The van der Waals surface area contributed by atoms with Crippen molar-refractivity contribution < 1.29 is 22.4 Å². The Labute approximate surface area is 106 Å². The Bertz CT molecular complexity index is 564. The molecule has 2 rings (SSSR count). The van der Waals surface area contributed by atoms with E-state index in [2.05, 4.69) is 10.6 Å². The van der Waals surface area contributed by atoms with Crippen LogP contribution in [0.4, 0.5) is 28.9 Å². The predicted molar refractivity (Wildman–Crippen MR) is 62.0 cm³/mol. The molecule has 3 nitrogen and oxygen atoms in total. The molecule has 1 aliphatic heterocycles. The number of carbonyl (C=O) groups is 1. The molecule has 0 atom stereocenters. The van der Waals surface area contributed by atoms with Crippen LogP contribution in [0, 0.1) is 5.82 Å². The molecule has 0 spiro atoms. The highest BCUT2D eigenvalue weighted by molar-refractivity contribution is 6.11. The average Bonchev–Trinajstić information content (AvgIpc) is 2.28. The van der Waals surface area contributed by atoms with E-state index < -0.39 is 23.5 Å². The van der Waals surface area contributed by atoms with Crippen molar-refractivity contribution in [2.45, 2.75) is 19.5 Å². The summed E-state index contributed by atoms with van der Waals surface area (Å²) in [6.45, 7) is 1.78. The van der Waals surface area contributed by atoms with Crippen LogP contribution in [-0.4, -0.2) is 5.91 Å². The van der Waals surface area contributed by atoms with Crippen molar-refractivity contribution in [3.63, 3.8) is 0 Å². The number of hydrogen-bond acceptors (Lipinski definition) is 2. The lowest BCUT2D eigenvalue weighted by molar-refractivity contribution is -0.139. The van der Waals surface area contributed by atoms with Gasteiger partial charge in [-0.2, -0.15) is 13.2 Å². The van der Waals surface area contributed by atoms with Gasteiger partial charge in [-0.25, -0.2) is 4.39 Å². The summed E-state index contributed by atoms with van der Waals surface area (Å²) in [5.74, 6) is -1.93. The Morgan fingerprint density at radius 2 is 1.84 bits per heavy atom. The lowest BCUT2D eigenvalue weighted by Crippen LogP contribution is -2.26. The lowest BCUT2D eigenvalue weighted by Gasteiger charge is -2.22. The zero-order chi connectivity index (χ0) is 14.2. The van der Waals surface area contributed by atoms with Gasteiger partial charge in [-0.3, -0.25) is 4.79 Å². The van der Waals surface area contributed by atoms with Gasteiger partial charge in [-0.1, -0.05) is 13.0 Å². The van der Waals surface area contributed by atoms with Crippen LogP contribution in [-0.2, 0) is 11.0 Å². The van der Waals surface area contributed by atoms with Crippen LogP contribution in [0.5, 0.6) is 0 Å². The van der Waals surface area contributed by atoms with Crippen LogP contribution < -0.4 is 10.6 Å². The summed E-state index contributed by atoms with van der Waals surface area (Å²) in [4.78, 5) is 11.6. The second-order valence-corrected chi connectivity index (χ2v) is 3.98. The third-order valence-electron chi connectivity index (χ3n) is 2.58. The van der Waals surface area contributed by atoms with Gasteiger partial charge in [0.1, 0.15) is 11.5 Å². The minimum Gasteiger partial charge on any atom is -0.350 e. The molecule has 0 saturated carbocycles. The Hall–Kier alpha value is -2.05. The van der Waals surface area contributed by atoms with Crippen LogP contribution in [0.15, 0.2) is 23.9 Å². The molecule has 1 amide bonds. The van der Waals surface area contributed by atoms with E-state index in [1.54, 1.807) is 6.92 Å². The van der Waals surface area contributed by atoms with E-state index >= 15 is 0 Å². The molecule has 0 unspecified atom stereocenters. The normalized spacial score (nSPS) is 16.9. The summed E-state index contributed by atoms with van der Waals surface area (Å²) in [5, 5.41) is 4.91.